The smallest absolute Gasteiger partial charge is 0.409 e. The highest BCUT2D eigenvalue weighted by molar-refractivity contribution is 5.91. The molecule has 126 valence electrons. The van der Waals surface area contributed by atoms with Gasteiger partial charge in [0.25, 0.3) is 0 Å². The molecule has 0 saturated carbocycles. The van der Waals surface area contributed by atoms with Gasteiger partial charge in [-0.1, -0.05) is 12.1 Å². The summed E-state index contributed by atoms with van der Waals surface area (Å²) < 4.78 is 10.5. The Morgan fingerprint density at radius 1 is 1.21 bits per heavy atom. The zero-order valence-corrected chi connectivity index (χ0v) is 13.5. The molecule has 1 fully saturated rings. The number of hydrogen-bond acceptors (Lipinski definition) is 5. The highest BCUT2D eigenvalue weighted by Crippen LogP contribution is 2.15. The summed E-state index contributed by atoms with van der Waals surface area (Å²) in [5.41, 5.74) is 1.44. The standard InChI is InChI=1S/C17H19N3O4/c1-2-23-17(22)20-11-9-19(10-12-20)16(21)8-7-15-18-13-5-3-4-6-14(13)24-15/h3-8H,2,9-12H2,1H3/b8-7+. The van der Waals surface area contributed by atoms with Crippen LogP contribution in [0.1, 0.15) is 12.8 Å². The molecule has 1 aromatic heterocycles. The van der Waals surface area contributed by atoms with E-state index < -0.39 is 0 Å². The van der Waals surface area contributed by atoms with Gasteiger partial charge in [-0.15, -0.1) is 0 Å². The highest BCUT2D eigenvalue weighted by Gasteiger charge is 2.23. The van der Waals surface area contributed by atoms with Crippen LogP contribution in [0.4, 0.5) is 4.79 Å². The Balaban J connectivity index is 1.56. The molecule has 0 spiro atoms. The molecule has 24 heavy (non-hydrogen) atoms. The van der Waals surface area contributed by atoms with Crippen molar-refractivity contribution in [2.24, 2.45) is 0 Å². The van der Waals surface area contributed by atoms with Crippen LogP contribution in [0.15, 0.2) is 34.8 Å². The van der Waals surface area contributed by atoms with Gasteiger partial charge in [0.05, 0.1) is 6.61 Å². The maximum absolute atomic E-state index is 12.2. The van der Waals surface area contributed by atoms with Crippen LogP contribution < -0.4 is 0 Å². The van der Waals surface area contributed by atoms with Gasteiger partial charge in [0, 0.05) is 38.3 Å². The third kappa shape index (κ3) is 3.56. The second kappa shape index (κ2) is 7.16. The van der Waals surface area contributed by atoms with Crippen LogP contribution in [0.2, 0.25) is 0 Å². The van der Waals surface area contributed by atoms with Gasteiger partial charge in [0.15, 0.2) is 5.58 Å². The number of ether oxygens (including phenoxy) is 1. The second-order valence-electron chi connectivity index (χ2n) is 5.36. The fourth-order valence-corrected chi connectivity index (χ4v) is 2.53. The number of rotatable bonds is 3. The molecular weight excluding hydrogens is 310 g/mol. The summed E-state index contributed by atoms with van der Waals surface area (Å²) in [6.07, 6.45) is 2.69. The second-order valence-corrected chi connectivity index (χ2v) is 5.36. The van der Waals surface area contributed by atoms with Gasteiger partial charge in [-0.05, 0) is 19.1 Å². The van der Waals surface area contributed by atoms with Crippen LogP contribution in [0.25, 0.3) is 17.2 Å². The number of carbonyl (C=O) groups excluding carboxylic acids is 2. The quantitative estimate of drug-likeness (QED) is 0.807. The lowest BCUT2D eigenvalue weighted by Crippen LogP contribution is -2.50. The molecule has 7 heteroatoms. The average Bonchev–Trinajstić information content (AvgIpc) is 3.03. The Bertz CT molecular complexity index is 727. The van der Waals surface area contributed by atoms with E-state index in [1.165, 1.54) is 6.08 Å². The van der Waals surface area contributed by atoms with E-state index in [9.17, 15) is 9.59 Å². The number of oxazole rings is 1. The van der Waals surface area contributed by atoms with E-state index in [2.05, 4.69) is 4.98 Å². The minimum absolute atomic E-state index is 0.124. The lowest BCUT2D eigenvalue weighted by molar-refractivity contribution is -0.127. The van der Waals surface area contributed by atoms with Crippen LogP contribution in [0, 0.1) is 0 Å². The van der Waals surface area contributed by atoms with Crippen molar-refractivity contribution >= 4 is 29.2 Å². The molecular formula is C17H19N3O4. The van der Waals surface area contributed by atoms with Gasteiger partial charge < -0.3 is 19.0 Å². The molecule has 2 aromatic rings. The molecule has 7 nitrogen and oxygen atoms in total. The van der Waals surface area contributed by atoms with Crippen LogP contribution in [-0.2, 0) is 9.53 Å². The van der Waals surface area contributed by atoms with Crippen molar-refractivity contribution in [2.75, 3.05) is 32.8 Å². The summed E-state index contributed by atoms with van der Waals surface area (Å²) in [4.78, 5) is 31.5. The number of carbonyl (C=O) groups is 2. The van der Waals surface area contributed by atoms with E-state index in [4.69, 9.17) is 9.15 Å². The Morgan fingerprint density at radius 2 is 1.92 bits per heavy atom. The van der Waals surface area contributed by atoms with Crippen molar-refractivity contribution in [1.82, 2.24) is 14.8 Å². The molecule has 2 amide bonds. The fourth-order valence-electron chi connectivity index (χ4n) is 2.53. The largest absolute Gasteiger partial charge is 0.450 e. The van der Waals surface area contributed by atoms with E-state index in [0.29, 0.717) is 44.3 Å². The monoisotopic (exact) mass is 329 g/mol. The highest BCUT2D eigenvalue weighted by atomic mass is 16.6. The van der Waals surface area contributed by atoms with Crippen molar-refractivity contribution in [3.05, 3.63) is 36.2 Å². The van der Waals surface area contributed by atoms with E-state index in [1.54, 1.807) is 22.8 Å². The number of aromatic nitrogens is 1. The maximum atomic E-state index is 12.2. The Labute approximate surface area is 139 Å². The van der Waals surface area contributed by atoms with Crippen LogP contribution in [-0.4, -0.2) is 59.6 Å². The molecule has 1 aliphatic heterocycles. The SMILES string of the molecule is CCOC(=O)N1CCN(C(=O)/C=C/c2nc3ccccc3o2)CC1. The van der Waals surface area contributed by atoms with Gasteiger partial charge in [-0.2, -0.15) is 0 Å². The third-order valence-corrected chi connectivity index (χ3v) is 3.80. The number of piperazine rings is 1. The predicted octanol–water partition coefficient (Wildman–Crippen LogP) is 2.14. The summed E-state index contributed by atoms with van der Waals surface area (Å²) >= 11 is 0. The fraction of sp³-hybridized carbons (Fsp3) is 0.353. The average molecular weight is 329 g/mol. The Hall–Kier alpha value is -2.83. The molecule has 0 N–H and O–H groups in total. The number of fused-ring (bicyclic) bond motifs is 1. The van der Waals surface area contributed by atoms with Crippen LogP contribution in [0.3, 0.4) is 0 Å². The van der Waals surface area contributed by atoms with Crippen LogP contribution >= 0.6 is 0 Å². The lowest BCUT2D eigenvalue weighted by Gasteiger charge is -2.33. The summed E-state index contributed by atoms with van der Waals surface area (Å²) in [7, 11) is 0. The topological polar surface area (TPSA) is 75.9 Å². The first-order valence-corrected chi connectivity index (χ1v) is 7.91. The number of benzene rings is 1. The lowest BCUT2D eigenvalue weighted by atomic mass is 10.3. The molecule has 0 aliphatic carbocycles. The van der Waals surface area contributed by atoms with E-state index in [1.807, 2.05) is 24.3 Å². The van der Waals surface area contributed by atoms with E-state index in [0.717, 1.165) is 5.52 Å². The first-order valence-electron chi connectivity index (χ1n) is 7.91. The molecule has 2 heterocycles. The molecule has 1 aromatic carbocycles. The van der Waals surface area contributed by atoms with Gasteiger partial charge in [-0.25, -0.2) is 9.78 Å². The summed E-state index contributed by atoms with van der Waals surface area (Å²) in [6.45, 7) is 4.04. The van der Waals surface area contributed by atoms with Crippen molar-refractivity contribution in [3.63, 3.8) is 0 Å². The molecule has 0 unspecified atom stereocenters. The maximum Gasteiger partial charge on any atom is 0.409 e. The molecule has 0 radical (unpaired) electrons. The van der Waals surface area contributed by atoms with Gasteiger partial charge in [-0.3, -0.25) is 4.79 Å². The normalized spacial score (nSPS) is 15.2. The number of para-hydroxylation sites is 2. The Morgan fingerprint density at radius 3 is 2.62 bits per heavy atom. The Kier molecular flexibility index (Phi) is 4.79. The zero-order chi connectivity index (χ0) is 16.9. The minimum Gasteiger partial charge on any atom is -0.450 e. The molecule has 0 atom stereocenters. The molecule has 1 saturated heterocycles. The number of amides is 2. The van der Waals surface area contributed by atoms with Crippen molar-refractivity contribution in [1.29, 1.82) is 0 Å². The first-order chi connectivity index (χ1) is 11.7. The van der Waals surface area contributed by atoms with Gasteiger partial charge in [0.2, 0.25) is 11.8 Å². The summed E-state index contributed by atoms with van der Waals surface area (Å²) in [6, 6.07) is 7.43. The van der Waals surface area contributed by atoms with E-state index >= 15 is 0 Å². The molecule has 1 aliphatic rings. The van der Waals surface area contributed by atoms with Gasteiger partial charge >= 0.3 is 6.09 Å². The van der Waals surface area contributed by atoms with Crippen molar-refractivity contribution in [3.8, 4) is 0 Å². The predicted molar refractivity (Wildman–Crippen MR) is 88.2 cm³/mol. The van der Waals surface area contributed by atoms with Crippen LogP contribution in [0.5, 0.6) is 0 Å². The van der Waals surface area contributed by atoms with Gasteiger partial charge in [0.1, 0.15) is 5.52 Å². The molecule has 0 bridgehead atoms. The molecule has 3 rings (SSSR count). The summed E-state index contributed by atoms with van der Waals surface area (Å²) in [5, 5.41) is 0. The number of nitrogens with zero attached hydrogens (tertiary/aromatic N) is 3. The third-order valence-electron chi connectivity index (χ3n) is 3.80. The summed E-state index contributed by atoms with van der Waals surface area (Å²) in [5.74, 6) is 0.274. The minimum atomic E-state index is -0.327. The van der Waals surface area contributed by atoms with Crippen molar-refractivity contribution < 1.29 is 18.7 Å². The first kappa shape index (κ1) is 16.0. The number of hydrogen-bond donors (Lipinski definition) is 0. The van der Waals surface area contributed by atoms with Crippen molar-refractivity contribution in [2.45, 2.75) is 6.92 Å². The van der Waals surface area contributed by atoms with E-state index in [-0.39, 0.29) is 12.0 Å². The zero-order valence-electron chi connectivity index (χ0n) is 13.5.